The summed E-state index contributed by atoms with van der Waals surface area (Å²) in [4.78, 5) is 21.2. The van der Waals surface area contributed by atoms with Crippen molar-refractivity contribution >= 4 is 17.5 Å². The van der Waals surface area contributed by atoms with E-state index in [2.05, 4.69) is 5.32 Å². The number of nitrogens with one attached hydrogen (secondary N) is 1. The number of hydrogen-bond donors (Lipinski definition) is 1. The molecule has 1 aromatic heterocycles. The summed E-state index contributed by atoms with van der Waals surface area (Å²) in [5, 5.41) is 2.42. The van der Waals surface area contributed by atoms with Gasteiger partial charge in [-0.05, 0) is 17.7 Å². The molecule has 0 saturated carbocycles. The van der Waals surface area contributed by atoms with Crippen LogP contribution in [0.3, 0.4) is 0 Å². The summed E-state index contributed by atoms with van der Waals surface area (Å²) in [5.74, 6) is -0.392. The van der Waals surface area contributed by atoms with Crippen molar-refractivity contribution in [2.24, 2.45) is 7.05 Å². The van der Waals surface area contributed by atoms with Crippen molar-refractivity contribution in [1.29, 1.82) is 0 Å². The van der Waals surface area contributed by atoms with Crippen molar-refractivity contribution in [2.45, 2.75) is 6.54 Å². The number of benzene rings is 1. The van der Waals surface area contributed by atoms with E-state index < -0.39 is 5.76 Å². The van der Waals surface area contributed by atoms with Crippen molar-refractivity contribution in [3.8, 4) is 0 Å². The Morgan fingerprint density at radius 3 is 3.07 bits per heavy atom. The van der Waals surface area contributed by atoms with Crippen LogP contribution in [0.15, 0.2) is 27.4 Å². The summed E-state index contributed by atoms with van der Waals surface area (Å²) >= 11 is 0. The lowest BCUT2D eigenvalue weighted by molar-refractivity contribution is 0.527. The third-order valence-electron chi connectivity index (χ3n) is 2.22. The minimum absolute atomic E-state index is 0.373. The Morgan fingerprint density at radius 2 is 2.33 bits per heavy atom. The summed E-state index contributed by atoms with van der Waals surface area (Å²) < 4.78 is 6.43. The summed E-state index contributed by atoms with van der Waals surface area (Å²) in [5.41, 5.74) is 2.12. The number of fused-ring (bicyclic) bond motifs is 1. The minimum Gasteiger partial charge on any atom is -0.408 e. The molecule has 0 aliphatic carbocycles. The van der Waals surface area contributed by atoms with Crippen LogP contribution in [0, 0.1) is 0 Å². The molecule has 0 aliphatic heterocycles. The summed E-state index contributed by atoms with van der Waals surface area (Å²) in [6.07, 6.45) is 1.58. The lowest BCUT2D eigenvalue weighted by Gasteiger charge is -1.98. The third kappa shape index (κ3) is 1.63. The van der Waals surface area contributed by atoms with Crippen molar-refractivity contribution < 1.29 is 9.21 Å². The molecular formula is C10H9N2O3. The second kappa shape index (κ2) is 3.61. The van der Waals surface area contributed by atoms with Crippen molar-refractivity contribution in [3.05, 3.63) is 34.3 Å². The Balaban J connectivity index is 2.47. The molecule has 15 heavy (non-hydrogen) atoms. The van der Waals surface area contributed by atoms with Crippen LogP contribution >= 0.6 is 0 Å². The summed E-state index contributed by atoms with van der Waals surface area (Å²) in [7, 11) is 1.64. The highest BCUT2D eigenvalue weighted by Gasteiger charge is 2.05. The van der Waals surface area contributed by atoms with E-state index in [9.17, 15) is 9.59 Å². The van der Waals surface area contributed by atoms with Gasteiger partial charge in [-0.3, -0.25) is 9.36 Å². The highest BCUT2D eigenvalue weighted by molar-refractivity contribution is 5.73. The highest BCUT2D eigenvalue weighted by atomic mass is 16.4. The SMILES string of the molecule is Cn1c(=O)oc2cc(CN[C]=O)ccc21. The number of nitrogens with zero attached hydrogens (tertiary/aromatic N) is 1. The molecule has 5 heteroatoms. The molecule has 0 saturated heterocycles. The number of hydrogen-bond acceptors (Lipinski definition) is 3. The number of aryl methyl sites for hydroxylation is 1. The normalized spacial score (nSPS) is 10.5. The van der Waals surface area contributed by atoms with Crippen molar-refractivity contribution in [2.75, 3.05) is 0 Å². The second-order valence-corrected chi connectivity index (χ2v) is 3.18. The lowest BCUT2D eigenvalue weighted by atomic mass is 10.2. The van der Waals surface area contributed by atoms with Gasteiger partial charge in [0, 0.05) is 13.6 Å². The monoisotopic (exact) mass is 205 g/mol. The topological polar surface area (TPSA) is 64.2 Å². The number of carbonyl (C=O) groups excluding carboxylic acids is 1. The van der Waals surface area contributed by atoms with Gasteiger partial charge < -0.3 is 9.73 Å². The van der Waals surface area contributed by atoms with E-state index in [0.29, 0.717) is 12.1 Å². The lowest BCUT2D eigenvalue weighted by Crippen LogP contribution is -2.09. The standard InChI is InChI=1S/C10H9N2O3/c1-12-8-3-2-7(5-11-6-13)4-9(8)15-10(12)14/h2-4H,5H2,1H3,(H,11,13). The van der Waals surface area contributed by atoms with E-state index in [1.807, 2.05) is 6.07 Å². The molecule has 1 amide bonds. The van der Waals surface area contributed by atoms with Crippen molar-refractivity contribution in [3.63, 3.8) is 0 Å². The molecule has 77 valence electrons. The number of oxazole rings is 1. The average Bonchev–Trinajstić information content (AvgIpc) is 2.52. The summed E-state index contributed by atoms with van der Waals surface area (Å²) in [6.45, 7) is 0.373. The van der Waals surface area contributed by atoms with Crippen LogP contribution in [0.25, 0.3) is 11.1 Å². The van der Waals surface area contributed by atoms with E-state index in [1.54, 1.807) is 25.6 Å². The Kier molecular flexibility index (Phi) is 2.29. The fraction of sp³-hybridized carbons (Fsp3) is 0.200. The molecule has 1 heterocycles. The molecule has 2 rings (SSSR count). The van der Waals surface area contributed by atoms with Gasteiger partial charge >= 0.3 is 12.2 Å². The molecule has 0 unspecified atom stereocenters. The molecule has 1 aromatic carbocycles. The first-order valence-corrected chi connectivity index (χ1v) is 4.41. The molecule has 1 N–H and O–H groups in total. The van der Waals surface area contributed by atoms with Gasteiger partial charge in [-0.15, -0.1) is 0 Å². The maximum absolute atomic E-state index is 11.2. The van der Waals surface area contributed by atoms with Gasteiger partial charge in [0.15, 0.2) is 5.58 Å². The molecule has 0 atom stereocenters. The van der Waals surface area contributed by atoms with Crippen LogP contribution in [-0.4, -0.2) is 11.0 Å². The van der Waals surface area contributed by atoms with Crippen LogP contribution < -0.4 is 11.1 Å². The Morgan fingerprint density at radius 1 is 1.53 bits per heavy atom. The molecule has 0 fully saturated rings. The predicted molar refractivity (Wildman–Crippen MR) is 54.0 cm³/mol. The second-order valence-electron chi connectivity index (χ2n) is 3.18. The summed E-state index contributed by atoms with van der Waals surface area (Å²) in [6, 6.07) is 5.32. The van der Waals surface area contributed by atoms with Gasteiger partial charge in [-0.2, -0.15) is 0 Å². The molecule has 2 aromatic rings. The molecule has 0 spiro atoms. The van der Waals surface area contributed by atoms with Crippen LogP contribution in [0.5, 0.6) is 0 Å². The van der Waals surface area contributed by atoms with Gasteiger partial charge in [0.2, 0.25) is 0 Å². The Labute approximate surface area is 85.3 Å². The van der Waals surface area contributed by atoms with E-state index in [4.69, 9.17) is 4.42 Å². The van der Waals surface area contributed by atoms with Gasteiger partial charge in [0.1, 0.15) is 0 Å². The van der Waals surface area contributed by atoms with E-state index in [0.717, 1.165) is 11.1 Å². The Hall–Kier alpha value is -2.04. The van der Waals surface area contributed by atoms with Crippen LogP contribution in [0.2, 0.25) is 0 Å². The Bertz CT molecular complexity index is 553. The molecule has 5 nitrogen and oxygen atoms in total. The van der Waals surface area contributed by atoms with E-state index in [-0.39, 0.29) is 0 Å². The molecule has 0 aliphatic rings. The van der Waals surface area contributed by atoms with Gasteiger partial charge in [0.25, 0.3) is 0 Å². The van der Waals surface area contributed by atoms with Crippen LogP contribution in [-0.2, 0) is 18.4 Å². The zero-order valence-corrected chi connectivity index (χ0v) is 8.11. The van der Waals surface area contributed by atoms with Gasteiger partial charge in [-0.1, -0.05) is 6.07 Å². The highest BCUT2D eigenvalue weighted by Crippen LogP contribution is 2.13. The zero-order chi connectivity index (χ0) is 10.8. The third-order valence-corrected chi connectivity index (χ3v) is 2.22. The first kappa shape index (κ1) is 9.51. The van der Waals surface area contributed by atoms with Gasteiger partial charge in [0.05, 0.1) is 5.52 Å². The largest absolute Gasteiger partial charge is 0.419 e. The molecule has 0 bridgehead atoms. The molecular weight excluding hydrogens is 196 g/mol. The first-order valence-electron chi connectivity index (χ1n) is 4.41. The van der Waals surface area contributed by atoms with Crippen LogP contribution in [0.4, 0.5) is 0 Å². The maximum Gasteiger partial charge on any atom is 0.419 e. The first-order chi connectivity index (χ1) is 7.22. The zero-order valence-electron chi connectivity index (χ0n) is 8.11. The number of rotatable bonds is 3. The number of aromatic nitrogens is 1. The predicted octanol–water partition coefficient (Wildman–Crippen LogP) is 0.288. The fourth-order valence-electron chi connectivity index (χ4n) is 1.43. The minimum atomic E-state index is -0.392. The smallest absolute Gasteiger partial charge is 0.408 e. The number of amides is 1. The van der Waals surface area contributed by atoms with Crippen molar-refractivity contribution in [1.82, 2.24) is 9.88 Å². The van der Waals surface area contributed by atoms with Crippen LogP contribution in [0.1, 0.15) is 5.56 Å². The molecule has 1 radical (unpaired) electrons. The van der Waals surface area contributed by atoms with E-state index >= 15 is 0 Å². The maximum atomic E-state index is 11.2. The van der Waals surface area contributed by atoms with E-state index in [1.165, 1.54) is 4.57 Å². The fourth-order valence-corrected chi connectivity index (χ4v) is 1.43. The quantitative estimate of drug-likeness (QED) is 0.732. The van der Waals surface area contributed by atoms with Gasteiger partial charge in [-0.25, -0.2) is 4.79 Å². The average molecular weight is 205 g/mol.